The molecule has 0 saturated carbocycles. The number of halogens is 1. The summed E-state index contributed by atoms with van der Waals surface area (Å²) in [6, 6.07) is 5.13. The van der Waals surface area contributed by atoms with E-state index in [1.807, 2.05) is 6.07 Å². The van der Waals surface area contributed by atoms with Gasteiger partial charge in [-0.1, -0.05) is 11.6 Å². The molecule has 0 aliphatic heterocycles. The van der Waals surface area contributed by atoms with Crippen LogP contribution in [0, 0.1) is 0 Å². The quantitative estimate of drug-likeness (QED) is 0.856. The summed E-state index contributed by atoms with van der Waals surface area (Å²) in [6.07, 6.45) is 0. The molecule has 1 aromatic rings. The van der Waals surface area contributed by atoms with E-state index in [0.717, 1.165) is 18.8 Å². The Morgan fingerprint density at radius 3 is 2.40 bits per heavy atom. The predicted molar refractivity (Wildman–Crippen MR) is 63.5 cm³/mol. The Balaban J connectivity index is 3.07. The van der Waals surface area contributed by atoms with Crippen molar-refractivity contribution in [2.45, 2.75) is 13.8 Å². The van der Waals surface area contributed by atoms with E-state index in [0.29, 0.717) is 10.6 Å². The molecule has 82 valence electrons. The molecule has 0 saturated heterocycles. The highest BCUT2D eigenvalue weighted by molar-refractivity contribution is 6.33. The molecule has 4 heteroatoms. The maximum absolute atomic E-state index is 10.9. The fraction of sp³-hybridized carbons (Fsp3) is 0.364. The predicted octanol–water partition coefficient (Wildman–Crippen LogP) is 2.29. The molecule has 0 aliphatic rings. The summed E-state index contributed by atoms with van der Waals surface area (Å²) in [5.74, 6) is -0.456. The van der Waals surface area contributed by atoms with Gasteiger partial charge >= 0.3 is 0 Å². The Morgan fingerprint density at radius 1 is 1.40 bits per heavy atom. The van der Waals surface area contributed by atoms with Crippen LogP contribution in [0.4, 0.5) is 5.69 Å². The first-order valence-corrected chi connectivity index (χ1v) is 5.32. The molecule has 1 rings (SSSR count). The summed E-state index contributed by atoms with van der Waals surface area (Å²) in [4.78, 5) is 13.0. The number of carbonyl (C=O) groups excluding carboxylic acids is 1. The van der Waals surface area contributed by atoms with Gasteiger partial charge in [0, 0.05) is 18.7 Å². The van der Waals surface area contributed by atoms with Crippen LogP contribution in [0.15, 0.2) is 18.2 Å². The average molecular weight is 227 g/mol. The molecule has 0 unspecified atom stereocenters. The third-order valence-electron chi connectivity index (χ3n) is 2.34. The highest BCUT2D eigenvalue weighted by Crippen LogP contribution is 2.26. The second-order valence-electron chi connectivity index (χ2n) is 3.20. The molecule has 0 fully saturated rings. The molecule has 1 amide bonds. The molecule has 0 radical (unpaired) electrons. The second kappa shape index (κ2) is 5.03. The lowest BCUT2D eigenvalue weighted by atomic mass is 10.2. The van der Waals surface area contributed by atoms with Crippen molar-refractivity contribution in [3.05, 3.63) is 28.8 Å². The summed E-state index contributed by atoms with van der Waals surface area (Å²) in [7, 11) is 0. The molecule has 15 heavy (non-hydrogen) atoms. The van der Waals surface area contributed by atoms with Gasteiger partial charge in [0.05, 0.1) is 10.7 Å². The zero-order chi connectivity index (χ0) is 11.4. The van der Waals surface area contributed by atoms with Gasteiger partial charge in [-0.05, 0) is 32.0 Å². The number of nitrogens with zero attached hydrogens (tertiary/aromatic N) is 1. The van der Waals surface area contributed by atoms with Gasteiger partial charge in [0.15, 0.2) is 0 Å². The van der Waals surface area contributed by atoms with Crippen molar-refractivity contribution in [3.63, 3.8) is 0 Å². The smallest absolute Gasteiger partial charge is 0.248 e. The average Bonchev–Trinajstić information content (AvgIpc) is 2.21. The molecule has 0 spiro atoms. The van der Waals surface area contributed by atoms with Crippen LogP contribution in [0.1, 0.15) is 24.2 Å². The maximum Gasteiger partial charge on any atom is 0.248 e. The number of hydrogen-bond donors (Lipinski definition) is 1. The third kappa shape index (κ3) is 2.63. The van der Waals surface area contributed by atoms with E-state index in [1.165, 1.54) is 0 Å². The molecule has 0 aliphatic carbocycles. The number of carbonyl (C=O) groups is 1. The summed E-state index contributed by atoms with van der Waals surface area (Å²) in [6.45, 7) is 5.88. The number of anilines is 1. The van der Waals surface area contributed by atoms with Gasteiger partial charge in [-0.15, -0.1) is 0 Å². The second-order valence-corrected chi connectivity index (χ2v) is 3.61. The molecular formula is C11H15ClN2O. The van der Waals surface area contributed by atoms with Gasteiger partial charge in [-0.25, -0.2) is 0 Å². The first kappa shape index (κ1) is 11.9. The van der Waals surface area contributed by atoms with Crippen molar-refractivity contribution in [1.29, 1.82) is 0 Å². The molecule has 1 aromatic carbocycles. The number of amides is 1. The van der Waals surface area contributed by atoms with Gasteiger partial charge in [-0.2, -0.15) is 0 Å². The molecule has 0 bridgehead atoms. The minimum absolute atomic E-state index is 0.441. The summed E-state index contributed by atoms with van der Waals surface area (Å²) in [5, 5.41) is 0.565. The monoisotopic (exact) mass is 226 g/mol. The van der Waals surface area contributed by atoms with E-state index >= 15 is 0 Å². The van der Waals surface area contributed by atoms with Gasteiger partial charge in [0.25, 0.3) is 0 Å². The van der Waals surface area contributed by atoms with Gasteiger partial charge < -0.3 is 10.6 Å². The Hall–Kier alpha value is -1.22. The van der Waals surface area contributed by atoms with E-state index in [2.05, 4.69) is 18.7 Å². The minimum Gasteiger partial charge on any atom is -0.371 e. The van der Waals surface area contributed by atoms with E-state index < -0.39 is 5.91 Å². The summed E-state index contributed by atoms with van der Waals surface area (Å²) < 4.78 is 0. The van der Waals surface area contributed by atoms with Crippen molar-refractivity contribution < 1.29 is 4.79 Å². The largest absolute Gasteiger partial charge is 0.371 e. The summed E-state index contributed by atoms with van der Waals surface area (Å²) in [5.41, 5.74) is 6.54. The third-order valence-corrected chi connectivity index (χ3v) is 2.64. The van der Waals surface area contributed by atoms with Crippen LogP contribution < -0.4 is 10.6 Å². The molecule has 0 heterocycles. The highest BCUT2D eigenvalue weighted by Gasteiger charge is 2.09. The number of nitrogens with two attached hydrogens (primary N) is 1. The highest BCUT2D eigenvalue weighted by atomic mass is 35.5. The Labute approximate surface area is 94.8 Å². The molecule has 0 aromatic heterocycles. The standard InChI is InChI=1S/C11H15ClN2O/c1-3-14(4-2)10-6-5-8(11(13)15)7-9(10)12/h5-7H,3-4H2,1-2H3,(H2,13,15). The van der Waals surface area contributed by atoms with Crippen molar-refractivity contribution in [2.24, 2.45) is 5.73 Å². The van der Waals surface area contributed by atoms with Crippen LogP contribution in [0.3, 0.4) is 0 Å². The van der Waals surface area contributed by atoms with E-state index in [9.17, 15) is 4.79 Å². The van der Waals surface area contributed by atoms with Crippen molar-refractivity contribution >= 4 is 23.2 Å². The zero-order valence-electron chi connectivity index (χ0n) is 8.96. The lowest BCUT2D eigenvalue weighted by Gasteiger charge is -2.22. The topological polar surface area (TPSA) is 46.3 Å². The Bertz CT molecular complexity index is 362. The van der Waals surface area contributed by atoms with Gasteiger partial charge in [0.1, 0.15) is 0 Å². The maximum atomic E-state index is 10.9. The van der Waals surface area contributed by atoms with Crippen molar-refractivity contribution in [3.8, 4) is 0 Å². The molecule has 3 nitrogen and oxygen atoms in total. The summed E-state index contributed by atoms with van der Waals surface area (Å²) >= 11 is 6.08. The van der Waals surface area contributed by atoms with Crippen LogP contribution in [0.2, 0.25) is 5.02 Å². The molecule has 2 N–H and O–H groups in total. The SMILES string of the molecule is CCN(CC)c1ccc(C(N)=O)cc1Cl. The van der Waals surface area contributed by atoms with Crippen LogP contribution >= 0.6 is 11.6 Å². The lowest BCUT2D eigenvalue weighted by Crippen LogP contribution is -2.22. The van der Waals surface area contributed by atoms with Crippen LogP contribution in [-0.2, 0) is 0 Å². The number of benzene rings is 1. The van der Waals surface area contributed by atoms with Crippen LogP contribution in [-0.4, -0.2) is 19.0 Å². The minimum atomic E-state index is -0.456. The Kier molecular flexibility index (Phi) is 3.97. The van der Waals surface area contributed by atoms with E-state index in [4.69, 9.17) is 17.3 Å². The van der Waals surface area contributed by atoms with Gasteiger partial charge in [-0.3, -0.25) is 4.79 Å². The molecular weight excluding hydrogens is 212 g/mol. The normalized spacial score (nSPS) is 10.1. The fourth-order valence-electron chi connectivity index (χ4n) is 1.48. The lowest BCUT2D eigenvalue weighted by molar-refractivity contribution is 0.100. The fourth-order valence-corrected chi connectivity index (χ4v) is 1.78. The first-order chi connectivity index (χ1) is 7.10. The van der Waals surface area contributed by atoms with E-state index in [1.54, 1.807) is 12.1 Å². The van der Waals surface area contributed by atoms with Crippen LogP contribution in [0.25, 0.3) is 0 Å². The first-order valence-electron chi connectivity index (χ1n) is 4.94. The number of rotatable bonds is 4. The number of primary amides is 1. The van der Waals surface area contributed by atoms with Crippen LogP contribution in [0.5, 0.6) is 0 Å². The van der Waals surface area contributed by atoms with Gasteiger partial charge in [0.2, 0.25) is 5.91 Å². The van der Waals surface area contributed by atoms with Crippen molar-refractivity contribution in [1.82, 2.24) is 0 Å². The number of hydrogen-bond acceptors (Lipinski definition) is 2. The van der Waals surface area contributed by atoms with Crippen molar-refractivity contribution in [2.75, 3.05) is 18.0 Å². The zero-order valence-corrected chi connectivity index (χ0v) is 9.71. The Morgan fingerprint density at radius 2 is 2.00 bits per heavy atom. The van der Waals surface area contributed by atoms with E-state index in [-0.39, 0.29) is 0 Å². The molecule has 0 atom stereocenters.